The number of carbonyl (C=O) groups excluding carboxylic acids is 3. The van der Waals surface area contributed by atoms with Crippen LogP contribution in [0.2, 0.25) is 0 Å². The number of amides is 5. The van der Waals surface area contributed by atoms with Crippen LogP contribution in [0, 0.1) is 6.92 Å². The second-order valence-electron chi connectivity index (χ2n) is 10.5. The van der Waals surface area contributed by atoms with Crippen LogP contribution in [-0.4, -0.2) is 60.2 Å². The molecule has 5 amide bonds. The maximum Gasteiger partial charge on any atom is 0.323 e. The first-order chi connectivity index (χ1) is 20.7. The highest BCUT2D eigenvalue weighted by Crippen LogP contribution is 2.27. The van der Waals surface area contributed by atoms with Crippen LogP contribution in [0.5, 0.6) is 5.75 Å². The van der Waals surface area contributed by atoms with Gasteiger partial charge in [0.15, 0.2) is 0 Å². The Bertz CT molecular complexity index is 1460. The Morgan fingerprint density at radius 1 is 0.860 bits per heavy atom. The Morgan fingerprint density at radius 2 is 1.58 bits per heavy atom. The molecule has 1 saturated heterocycles. The molecule has 226 valence electrons. The van der Waals surface area contributed by atoms with Crippen LogP contribution in [0.25, 0.3) is 0 Å². The molecule has 43 heavy (non-hydrogen) atoms. The van der Waals surface area contributed by atoms with E-state index in [0.29, 0.717) is 41.5 Å². The zero-order chi connectivity index (χ0) is 30.8. The number of carbonyl (C=O) groups is 4. The van der Waals surface area contributed by atoms with Crippen LogP contribution in [-0.2, 0) is 22.4 Å². The van der Waals surface area contributed by atoms with Gasteiger partial charge in [0.25, 0.3) is 0 Å². The van der Waals surface area contributed by atoms with E-state index in [1.165, 1.54) is 7.11 Å². The monoisotopic (exact) mass is 587 g/mol. The molecule has 1 aliphatic rings. The molecule has 11 heteroatoms. The van der Waals surface area contributed by atoms with Gasteiger partial charge in [0, 0.05) is 30.5 Å². The molecule has 1 aliphatic heterocycles. The molecule has 1 heterocycles. The molecule has 3 aromatic rings. The van der Waals surface area contributed by atoms with E-state index in [1.807, 2.05) is 31.2 Å². The second-order valence-corrected chi connectivity index (χ2v) is 10.5. The highest BCUT2D eigenvalue weighted by Gasteiger charge is 2.24. The quantitative estimate of drug-likeness (QED) is 0.237. The standard InChI is InChI=1S/C32H37N5O6/c1-21-7-3-4-9-26(21)35-32(42)36-27-15-12-23(17-28(27)43-2)18-29(38)37-16-6-5-8-25(20-37)34-31(41)33-24-13-10-22(11-14-24)19-30(39)40/h3-4,7,9-15,17,25H,5-6,8,16,18-20H2,1-2H3,(H,39,40)(H2,33,34,41)(H2,35,36,42). The van der Waals surface area contributed by atoms with Gasteiger partial charge in [-0.3, -0.25) is 9.59 Å². The lowest BCUT2D eigenvalue weighted by atomic mass is 10.1. The average Bonchev–Trinajstić information content (AvgIpc) is 3.21. The molecule has 0 saturated carbocycles. The zero-order valence-corrected chi connectivity index (χ0v) is 24.3. The van der Waals surface area contributed by atoms with E-state index in [0.717, 1.165) is 30.4 Å². The summed E-state index contributed by atoms with van der Waals surface area (Å²) in [5, 5.41) is 20.3. The smallest absolute Gasteiger partial charge is 0.323 e. The Labute approximate surface area is 250 Å². The number of likely N-dealkylation sites (tertiary alicyclic amines) is 1. The number of methoxy groups -OCH3 is 1. The van der Waals surface area contributed by atoms with Gasteiger partial charge in [-0.15, -0.1) is 0 Å². The lowest BCUT2D eigenvalue weighted by molar-refractivity contribution is -0.136. The maximum atomic E-state index is 13.3. The number of carboxylic acid groups (broad SMARTS) is 1. The Balaban J connectivity index is 1.31. The summed E-state index contributed by atoms with van der Waals surface area (Å²) in [4.78, 5) is 51.1. The number of rotatable bonds is 9. The minimum absolute atomic E-state index is 0.0665. The molecule has 0 aromatic heterocycles. The summed E-state index contributed by atoms with van der Waals surface area (Å²) in [6.07, 6.45) is 2.51. The van der Waals surface area contributed by atoms with Gasteiger partial charge in [0.2, 0.25) is 5.91 Å². The van der Waals surface area contributed by atoms with Crippen molar-refractivity contribution in [2.75, 3.05) is 36.1 Å². The lowest BCUT2D eigenvalue weighted by Crippen LogP contribution is -2.46. The fourth-order valence-electron chi connectivity index (χ4n) is 4.94. The van der Waals surface area contributed by atoms with E-state index in [9.17, 15) is 19.2 Å². The SMILES string of the molecule is COc1cc(CC(=O)N2CCCCC(NC(=O)Nc3ccc(CC(=O)O)cc3)C2)ccc1NC(=O)Nc1ccccc1C. The largest absolute Gasteiger partial charge is 0.495 e. The van der Waals surface area contributed by atoms with Crippen molar-refractivity contribution in [2.24, 2.45) is 0 Å². The van der Waals surface area contributed by atoms with Crippen molar-refractivity contribution in [3.05, 3.63) is 83.4 Å². The summed E-state index contributed by atoms with van der Waals surface area (Å²) >= 11 is 0. The number of para-hydroxylation sites is 1. The van der Waals surface area contributed by atoms with Crippen molar-refractivity contribution in [3.8, 4) is 5.75 Å². The minimum Gasteiger partial charge on any atom is -0.495 e. The lowest BCUT2D eigenvalue weighted by Gasteiger charge is -2.25. The van der Waals surface area contributed by atoms with Crippen molar-refractivity contribution in [2.45, 2.75) is 45.1 Å². The molecular weight excluding hydrogens is 550 g/mol. The van der Waals surface area contributed by atoms with Crippen LogP contribution >= 0.6 is 0 Å². The van der Waals surface area contributed by atoms with E-state index in [4.69, 9.17) is 9.84 Å². The molecule has 0 spiro atoms. The van der Waals surface area contributed by atoms with Gasteiger partial charge in [-0.1, -0.05) is 36.4 Å². The van der Waals surface area contributed by atoms with Gasteiger partial charge in [0.1, 0.15) is 5.75 Å². The van der Waals surface area contributed by atoms with Gasteiger partial charge in [-0.05, 0) is 73.2 Å². The third kappa shape index (κ3) is 9.22. The summed E-state index contributed by atoms with van der Waals surface area (Å²) in [7, 11) is 1.51. The second kappa shape index (κ2) is 14.7. The van der Waals surface area contributed by atoms with Crippen molar-refractivity contribution in [1.29, 1.82) is 0 Å². The van der Waals surface area contributed by atoms with E-state index >= 15 is 0 Å². The number of hydrogen-bond acceptors (Lipinski definition) is 5. The third-order valence-electron chi connectivity index (χ3n) is 7.19. The number of benzene rings is 3. The van der Waals surface area contributed by atoms with Crippen molar-refractivity contribution in [3.63, 3.8) is 0 Å². The van der Waals surface area contributed by atoms with Gasteiger partial charge >= 0.3 is 18.0 Å². The first-order valence-electron chi connectivity index (χ1n) is 14.2. The normalized spacial score (nSPS) is 14.7. The number of urea groups is 2. The molecular formula is C32H37N5O6. The van der Waals surface area contributed by atoms with Crippen molar-refractivity contribution >= 4 is 41.0 Å². The summed E-state index contributed by atoms with van der Waals surface area (Å²) in [6, 6.07) is 18.3. The predicted octanol–water partition coefficient (Wildman–Crippen LogP) is 5.02. The number of ether oxygens (including phenoxy) is 1. The maximum absolute atomic E-state index is 13.3. The minimum atomic E-state index is -0.919. The highest BCUT2D eigenvalue weighted by atomic mass is 16.5. The summed E-state index contributed by atoms with van der Waals surface area (Å²) in [6.45, 7) is 2.89. The van der Waals surface area contributed by atoms with E-state index in [-0.39, 0.29) is 30.8 Å². The zero-order valence-electron chi connectivity index (χ0n) is 24.3. The summed E-state index contributed by atoms with van der Waals surface area (Å²) in [5.74, 6) is -0.547. The van der Waals surface area contributed by atoms with Crippen molar-refractivity contribution in [1.82, 2.24) is 10.2 Å². The molecule has 1 atom stereocenters. The van der Waals surface area contributed by atoms with Crippen LogP contribution in [0.1, 0.15) is 36.0 Å². The number of hydrogen-bond donors (Lipinski definition) is 5. The number of aryl methyl sites for hydroxylation is 1. The first-order valence-corrected chi connectivity index (χ1v) is 14.2. The first kappa shape index (κ1) is 30.9. The third-order valence-corrected chi connectivity index (χ3v) is 7.19. The molecule has 4 rings (SSSR count). The number of carboxylic acids is 1. The molecule has 3 aromatic carbocycles. The molecule has 5 N–H and O–H groups in total. The molecule has 11 nitrogen and oxygen atoms in total. The average molecular weight is 588 g/mol. The van der Waals surface area contributed by atoms with Crippen molar-refractivity contribution < 1.29 is 29.0 Å². The summed E-state index contributed by atoms with van der Waals surface area (Å²) in [5.41, 5.74) is 4.05. The highest BCUT2D eigenvalue weighted by molar-refractivity contribution is 6.01. The van der Waals surface area contributed by atoms with Crippen LogP contribution in [0.3, 0.4) is 0 Å². The molecule has 0 radical (unpaired) electrons. The van der Waals surface area contributed by atoms with Gasteiger partial charge < -0.3 is 36.0 Å². The van der Waals surface area contributed by atoms with E-state index in [2.05, 4.69) is 21.3 Å². The van der Waals surface area contributed by atoms with E-state index < -0.39 is 12.0 Å². The fourth-order valence-corrected chi connectivity index (χ4v) is 4.94. The Morgan fingerprint density at radius 3 is 2.30 bits per heavy atom. The van der Waals surface area contributed by atoms with E-state index in [1.54, 1.807) is 47.4 Å². The number of aliphatic carboxylic acids is 1. The van der Waals surface area contributed by atoms with Gasteiger partial charge in [-0.2, -0.15) is 0 Å². The summed E-state index contributed by atoms with van der Waals surface area (Å²) < 4.78 is 5.49. The topological polar surface area (TPSA) is 149 Å². The number of nitrogens with zero attached hydrogens (tertiary/aromatic N) is 1. The fraction of sp³-hybridized carbons (Fsp3) is 0.312. The molecule has 0 bridgehead atoms. The number of anilines is 3. The molecule has 1 fully saturated rings. The molecule has 1 unspecified atom stereocenters. The van der Waals surface area contributed by atoms with Crippen LogP contribution in [0.4, 0.5) is 26.7 Å². The van der Waals surface area contributed by atoms with Gasteiger partial charge in [-0.25, -0.2) is 9.59 Å². The van der Waals surface area contributed by atoms with Crippen LogP contribution < -0.4 is 26.0 Å². The number of nitrogens with one attached hydrogen (secondary N) is 4. The van der Waals surface area contributed by atoms with Gasteiger partial charge in [0.05, 0.1) is 25.6 Å². The molecule has 0 aliphatic carbocycles. The predicted molar refractivity (Wildman–Crippen MR) is 165 cm³/mol. The Kier molecular flexibility index (Phi) is 10.6. The Hall–Kier alpha value is -5.06. The van der Waals surface area contributed by atoms with Crippen LogP contribution in [0.15, 0.2) is 66.7 Å².